The van der Waals surface area contributed by atoms with Gasteiger partial charge in [0.25, 0.3) is 0 Å². The summed E-state index contributed by atoms with van der Waals surface area (Å²) in [6, 6.07) is 0. The molecule has 11 nitrogen and oxygen atoms in total. The monoisotopic (exact) mass is 509 g/mol. The summed E-state index contributed by atoms with van der Waals surface area (Å²) in [7, 11) is -5.30. The molecular formula is C19H45N2O9S2+. The Hall–Kier alpha value is -0.380. The van der Waals surface area contributed by atoms with Crippen molar-refractivity contribution in [3.8, 4) is 0 Å². The molecule has 196 valence electrons. The number of unbranched alkanes of at least 4 members (excludes halogenated alkanes) is 7. The van der Waals surface area contributed by atoms with Gasteiger partial charge in [-0.1, -0.05) is 45.4 Å². The highest BCUT2D eigenvalue weighted by Crippen LogP contribution is 2.08. The summed E-state index contributed by atoms with van der Waals surface area (Å²) in [5.74, 6) is 0. The quantitative estimate of drug-likeness (QED) is 0.105. The molecule has 0 aromatic rings. The highest BCUT2D eigenvalue weighted by Gasteiger charge is 2.31. The molecular weight excluding hydrogens is 464 g/mol. The van der Waals surface area contributed by atoms with Crippen molar-refractivity contribution in [2.45, 2.75) is 82.7 Å². The Kier molecular flexibility index (Phi) is 19.0. The molecule has 13 heteroatoms. The zero-order valence-corrected chi connectivity index (χ0v) is 21.4. The summed E-state index contributed by atoms with van der Waals surface area (Å²) in [6.45, 7) is 2.77. The van der Waals surface area contributed by atoms with E-state index in [1.165, 1.54) is 49.1 Å². The van der Waals surface area contributed by atoms with Gasteiger partial charge >= 0.3 is 0 Å². The Morgan fingerprint density at radius 3 is 1.53 bits per heavy atom. The van der Waals surface area contributed by atoms with E-state index in [-0.39, 0.29) is 0 Å². The first-order valence-corrected chi connectivity index (χ1v) is 14.8. The van der Waals surface area contributed by atoms with Crippen LogP contribution in [0.1, 0.15) is 58.3 Å². The fraction of sp³-hybridized carbons (Fsp3) is 1.00. The Labute approximate surface area is 193 Å². The SMILES string of the molecule is CCCCCCCCCC[NH+](C)CC(O)C(O)C(O)C(O)CO.CS(=O)(=O)NS(C)(=O)=O. The maximum atomic E-state index is 10.2. The van der Waals surface area contributed by atoms with E-state index in [0.717, 1.165) is 30.4 Å². The summed E-state index contributed by atoms with van der Waals surface area (Å²) < 4.78 is 42.0. The van der Waals surface area contributed by atoms with E-state index >= 15 is 0 Å². The first kappa shape index (κ1) is 33.8. The largest absolute Gasteiger partial charge is 0.394 e. The normalized spacial score (nSPS) is 17.0. The molecule has 0 aliphatic rings. The predicted molar refractivity (Wildman–Crippen MR) is 123 cm³/mol. The molecule has 0 amide bonds. The molecule has 0 aromatic heterocycles. The van der Waals surface area contributed by atoms with Crippen LogP contribution < -0.4 is 9.03 Å². The Balaban J connectivity index is 0. The van der Waals surface area contributed by atoms with E-state index in [9.17, 15) is 37.3 Å². The lowest BCUT2D eigenvalue weighted by molar-refractivity contribution is -0.883. The molecule has 0 heterocycles. The van der Waals surface area contributed by atoms with Gasteiger partial charge in [-0.3, -0.25) is 0 Å². The van der Waals surface area contributed by atoms with E-state index in [4.69, 9.17) is 5.11 Å². The number of nitrogens with one attached hydrogen (secondary N) is 2. The summed E-state index contributed by atoms with van der Waals surface area (Å²) in [4.78, 5) is 1.08. The van der Waals surface area contributed by atoms with Crippen LogP contribution in [-0.4, -0.2) is 106 Å². The second-order valence-corrected chi connectivity index (χ2v) is 12.1. The van der Waals surface area contributed by atoms with Crippen LogP contribution in [0.3, 0.4) is 0 Å². The number of sulfonamides is 2. The number of aliphatic hydroxyl groups excluding tert-OH is 5. The van der Waals surface area contributed by atoms with Crippen LogP contribution in [-0.2, 0) is 20.0 Å². The highest BCUT2D eigenvalue weighted by molar-refractivity contribution is 8.04. The number of likely N-dealkylation sites (N-methyl/N-ethyl adjacent to an activating group) is 1. The average molecular weight is 510 g/mol. The highest BCUT2D eigenvalue weighted by atomic mass is 32.3. The molecule has 0 saturated carbocycles. The van der Waals surface area contributed by atoms with Crippen LogP contribution in [0.5, 0.6) is 0 Å². The second-order valence-electron chi connectivity index (χ2n) is 8.31. The van der Waals surface area contributed by atoms with Crippen LogP contribution in [0.2, 0.25) is 0 Å². The summed E-state index contributed by atoms with van der Waals surface area (Å²) in [5, 5.41) is 47.3. The van der Waals surface area contributed by atoms with Gasteiger partial charge in [0.2, 0.25) is 20.0 Å². The van der Waals surface area contributed by atoms with Gasteiger partial charge < -0.3 is 30.4 Å². The molecule has 0 fully saturated rings. The Morgan fingerprint density at radius 1 is 0.750 bits per heavy atom. The molecule has 0 bridgehead atoms. The molecule has 5 unspecified atom stereocenters. The molecule has 0 radical (unpaired) electrons. The van der Waals surface area contributed by atoms with Crippen LogP contribution in [0.4, 0.5) is 0 Å². The summed E-state index contributed by atoms with van der Waals surface area (Å²) in [5.41, 5.74) is 0. The van der Waals surface area contributed by atoms with Gasteiger partial charge in [0, 0.05) is 0 Å². The topological polar surface area (TPSA) is 186 Å². The first-order chi connectivity index (χ1) is 14.6. The first-order valence-electron chi connectivity index (χ1n) is 11.0. The van der Waals surface area contributed by atoms with Crippen molar-refractivity contribution in [1.29, 1.82) is 0 Å². The van der Waals surface area contributed by atoms with Gasteiger partial charge in [0.15, 0.2) is 0 Å². The van der Waals surface area contributed by atoms with Gasteiger partial charge in [0.1, 0.15) is 31.0 Å². The lowest BCUT2D eigenvalue weighted by Gasteiger charge is -2.27. The Bertz CT molecular complexity index is 630. The number of aliphatic hydroxyl groups is 5. The van der Waals surface area contributed by atoms with Crippen LogP contribution in [0.25, 0.3) is 0 Å². The molecule has 0 rings (SSSR count). The molecule has 0 aliphatic carbocycles. The van der Waals surface area contributed by atoms with Gasteiger partial charge in [-0.25, -0.2) is 16.8 Å². The molecule has 5 atom stereocenters. The standard InChI is InChI=1S/C17H37NO5.C2H7NO4S2/c1-3-4-5-6-7-8-9-10-11-18(2)12-14(20)16(22)17(23)15(21)13-19;1-8(4,5)3-9(2,6)7/h14-17,19-23H,3-13H2,1-2H3;3H,1-2H3/p+1. The molecule has 0 saturated heterocycles. The second kappa shape index (κ2) is 18.0. The fourth-order valence-corrected chi connectivity index (χ4v) is 5.18. The number of hydrogen-bond donors (Lipinski definition) is 7. The van der Waals surface area contributed by atoms with Crippen LogP contribution in [0.15, 0.2) is 0 Å². The molecule has 0 aliphatic heterocycles. The fourth-order valence-electron chi connectivity index (χ4n) is 2.98. The van der Waals surface area contributed by atoms with Gasteiger partial charge in [0.05, 0.1) is 32.7 Å². The number of quaternary nitrogens is 1. The minimum absolute atomic E-state index is 0.298. The zero-order valence-electron chi connectivity index (χ0n) is 19.8. The summed E-state index contributed by atoms with van der Waals surface area (Å²) in [6.07, 6.45) is 6.00. The van der Waals surface area contributed by atoms with E-state index in [2.05, 4.69) is 6.92 Å². The van der Waals surface area contributed by atoms with Crippen molar-refractivity contribution in [2.24, 2.45) is 0 Å². The number of rotatable bonds is 17. The molecule has 32 heavy (non-hydrogen) atoms. The number of hydrogen-bond acceptors (Lipinski definition) is 9. The van der Waals surface area contributed by atoms with Crippen LogP contribution in [0, 0.1) is 0 Å². The Morgan fingerprint density at radius 2 is 1.16 bits per heavy atom. The lowest BCUT2D eigenvalue weighted by Crippen LogP contribution is -3.10. The van der Waals surface area contributed by atoms with Crippen molar-refractivity contribution < 1.29 is 47.3 Å². The van der Waals surface area contributed by atoms with E-state index < -0.39 is 51.1 Å². The third-order valence-corrected chi connectivity index (χ3v) is 7.06. The van der Waals surface area contributed by atoms with Gasteiger partial charge in [-0.05, 0) is 12.8 Å². The maximum Gasteiger partial charge on any atom is 0.221 e. The predicted octanol–water partition coefficient (Wildman–Crippen LogP) is -2.43. The van der Waals surface area contributed by atoms with Gasteiger partial charge in [-0.2, -0.15) is 0 Å². The van der Waals surface area contributed by atoms with Gasteiger partial charge in [-0.15, -0.1) is 4.13 Å². The van der Waals surface area contributed by atoms with Crippen molar-refractivity contribution in [1.82, 2.24) is 4.13 Å². The van der Waals surface area contributed by atoms with Crippen LogP contribution >= 0.6 is 0 Å². The lowest BCUT2D eigenvalue weighted by atomic mass is 10.0. The molecule has 7 N–H and O–H groups in total. The zero-order chi connectivity index (χ0) is 25.4. The van der Waals surface area contributed by atoms with Crippen molar-refractivity contribution in [3.05, 3.63) is 0 Å². The third kappa shape index (κ3) is 21.5. The smallest absolute Gasteiger partial charge is 0.221 e. The summed E-state index contributed by atoms with van der Waals surface area (Å²) >= 11 is 0. The van der Waals surface area contributed by atoms with Crippen molar-refractivity contribution >= 4 is 20.0 Å². The third-order valence-electron chi connectivity index (χ3n) is 4.64. The van der Waals surface area contributed by atoms with Crippen molar-refractivity contribution in [3.63, 3.8) is 0 Å². The molecule has 0 aromatic carbocycles. The maximum absolute atomic E-state index is 10.2. The van der Waals surface area contributed by atoms with E-state index in [1.807, 2.05) is 7.05 Å². The van der Waals surface area contributed by atoms with Crippen molar-refractivity contribution in [2.75, 3.05) is 39.3 Å². The van der Waals surface area contributed by atoms with E-state index in [0.29, 0.717) is 6.54 Å². The minimum atomic E-state index is -3.62. The molecule has 0 spiro atoms. The van der Waals surface area contributed by atoms with E-state index in [1.54, 1.807) is 0 Å². The average Bonchev–Trinajstić information content (AvgIpc) is 2.65. The minimum Gasteiger partial charge on any atom is -0.394 e.